The second-order valence-corrected chi connectivity index (χ2v) is 3.52. The number of benzene rings is 1. The number of amides is 1. The van der Waals surface area contributed by atoms with Crippen LogP contribution < -0.4 is 5.32 Å². The average Bonchev–Trinajstić information content (AvgIpc) is 2.29. The van der Waals surface area contributed by atoms with E-state index in [1.54, 1.807) is 13.0 Å². The van der Waals surface area contributed by atoms with E-state index in [-0.39, 0.29) is 17.5 Å². The molecule has 92 valence electrons. The predicted octanol–water partition coefficient (Wildman–Crippen LogP) is 2.94. The summed E-state index contributed by atoms with van der Waals surface area (Å²) in [4.78, 5) is 21.5. The zero-order valence-electron chi connectivity index (χ0n) is 9.67. The molecule has 17 heavy (non-hydrogen) atoms. The SMILES string of the molecule is CCC(C)OC(=O)Nc1ccccc1[N+](=O)[O-]. The molecule has 0 bridgehead atoms. The van der Waals surface area contributed by atoms with Crippen LogP contribution in [0, 0.1) is 10.1 Å². The maximum absolute atomic E-state index is 11.4. The van der Waals surface area contributed by atoms with Crippen LogP contribution in [0.1, 0.15) is 20.3 Å². The summed E-state index contributed by atoms with van der Waals surface area (Å²) in [6, 6.07) is 5.91. The van der Waals surface area contributed by atoms with Gasteiger partial charge in [0.05, 0.1) is 4.92 Å². The Kier molecular flexibility index (Phi) is 4.45. The Balaban J connectivity index is 2.74. The largest absolute Gasteiger partial charge is 0.446 e. The molecule has 1 unspecified atom stereocenters. The highest BCUT2D eigenvalue weighted by Crippen LogP contribution is 2.23. The van der Waals surface area contributed by atoms with Crippen LogP contribution in [-0.4, -0.2) is 17.1 Å². The first-order valence-corrected chi connectivity index (χ1v) is 5.25. The minimum absolute atomic E-state index is 0.130. The van der Waals surface area contributed by atoms with Gasteiger partial charge in [-0.3, -0.25) is 15.4 Å². The normalized spacial score (nSPS) is 11.6. The van der Waals surface area contributed by atoms with Crippen LogP contribution in [-0.2, 0) is 4.74 Å². The zero-order valence-corrected chi connectivity index (χ0v) is 9.67. The summed E-state index contributed by atoms with van der Waals surface area (Å²) in [6.45, 7) is 3.63. The molecule has 0 aliphatic carbocycles. The van der Waals surface area contributed by atoms with Crippen molar-refractivity contribution in [2.24, 2.45) is 0 Å². The van der Waals surface area contributed by atoms with Crippen molar-refractivity contribution in [1.82, 2.24) is 0 Å². The smallest absolute Gasteiger partial charge is 0.412 e. The zero-order chi connectivity index (χ0) is 12.8. The molecule has 1 N–H and O–H groups in total. The molecule has 0 aliphatic rings. The van der Waals surface area contributed by atoms with Gasteiger partial charge in [0.25, 0.3) is 5.69 Å². The van der Waals surface area contributed by atoms with E-state index in [1.165, 1.54) is 18.2 Å². The molecule has 1 atom stereocenters. The number of nitro groups is 1. The molecule has 6 nitrogen and oxygen atoms in total. The van der Waals surface area contributed by atoms with E-state index < -0.39 is 11.0 Å². The standard InChI is InChI=1S/C11H14N2O4/c1-3-8(2)17-11(14)12-9-6-4-5-7-10(9)13(15)16/h4-8H,3H2,1-2H3,(H,12,14). The molecular formula is C11H14N2O4. The number of carbonyl (C=O) groups is 1. The van der Waals surface area contributed by atoms with Crippen LogP contribution in [0.5, 0.6) is 0 Å². The maximum atomic E-state index is 11.4. The molecule has 0 saturated carbocycles. The minimum Gasteiger partial charge on any atom is -0.446 e. The Morgan fingerprint density at radius 2 is 2.18 bits per heavy atom. The van der Waals surface area contributed by atoms with Crippen LogP contribution in [0.3, 0.4) is 0 Å². The number of para-hydroxylation sites is 2. The highest BCUT2D eigenvalue weighted by Gasteiger charge is 2.16. The molecule has 0 radical (unpaired) electrons. The first kappa shape index (κ1) is 13.0. The van der Waals surface area contributed by atoms with Gasteiger partial charge in [0.2, 0.25) is 0 Å². The van der Waals surface area contributed by atoms with Crippen LogP contribution in [0.25, 0.3) is 0 Å². The summed E-state index contributed by atoms with van der Waals surface area (Å²) in [7, 11) is 0. The van der Waals surface area contributed by atoms with Gasteiger partial charge in [-0.2, -0.15) is 0 Å². The number of nitrogens with zero attached hydrogens (tertiary/aromatic N) is 1. The fourth-order valence-electron chi connectivity index (χ4n) is 1.14. The number of ether oxygens (including phenoxy) is 1. The van der Waals surface area contributed by atoms with Gasteiger partial charge < -0.3 is 4.74 Å². The van der Waals surface area contributed by atoms with E-state index in [0.29, 0.717) is 6.42 Å². The van der Waals surface area contributed by atoms with Crippen LogP contribution in [0.4, 0.5) is 16.2 Å². The average molecular weight is 238 g/mol. The predicted molar refractivity (Wildman–Crippen MR) is 63.0 cm³/mol. The number of hydrogen-bond donors (Lipinski definition) is 1. The first-order chi connectivity index (χ1) is 8.04. The molecule has 1 aromatic carbocycles. The Morgan fingerprint density at radius 1 is 1.53 bits per heavy atom. The van der Waals surface area contributed by atoms with Crippen molar-refractivity contribution < 1.29 is 14.5 Å². The maximum Gasteiger partial charge on any atom is 0.412 e. The molecule has 6 heteroatoms. The third-order valence-corrected chi connectivity index (χ3v) is 2.22. The third kappa shape index (κ3) is 3.75. The van der Waals surface area contributed by atoms with Crippen LogP contribution in [0.2, 0.25) is 0 Å². The van der Waals surface area contributed by atoms with E-state index in [9.17, 15) is 14.9 Å². The first-order valence-electron chi connectivity index (χ1n) is 5.25. The van der Waals surface area contributed by atoms with Gasteiger partial charge >= 0.3 is 6.09 Å². The van der Waals surface area contributed by atoms with Gasteiger partial charge in [0.15, 0.2) is 0 Å². The molecule has 0 aromatic heterocycles. The molecule has 0 heterocycles. The van der Waals surface area contributed by atoms with Gasteiger partial charge in [-0.05, 0) is 19.4 Å². The summed E-state index contributed by atoms with van der Waals surface area (Å²) in [5, 5.41) is 13.0. The highest BCUT2D eigenvalue weighted by molar-refractivity contribution is 5.87. The van der Waals surface area contributed by atoms with Crippen LogP contribution in [0.15, 0.2) is 24.3 Å². The van der Waals surface area contributed by atoms with Crippen LogP contribution >= 0.6 is 0 Å². The van der Waals surface area contributed by atoms with Gasteiger partial charge in [0, 0.05) is 6.07 Å². The third-order valence-electron chi connectivity index (χ3n) is 2.22. The van der Waals surface area contributed by atoms with Crippen molar-refractivity contribution in [1.29, 1.82) is 0 Å². The van der Waals surface area contributed by atoms with Crippen molar-refractivity contribution in [2.75, 3.05) is 5.32 Å². The summed E-state index contributed by atoms with van der Waals surface area (Å²) in [6.07, 6.45) is -0.226. The molecule has 1 aromatic rings. The number of nitro benzene ring substituents is 1. The topological polar surface area (TPSA) is 81.5 Å². The van der Waals surface area contributed by atoms with Crippen molar-refractivity contribution >= 4 is 17.5 Å². The Morgan fingerprint density at radius 3 is 2.76 bits per heavy atom. The highest BCUT2D eigenvalue weighted by atomic mass is 16.6. The molecule has 0 aliphatic heterocycles. The lowest BCUT2D eigenvalue weighted by Crippen LogP contribution is -2.20. The summed E-state index contributed by atoms with van der Waals surface area (Å²) in [5.41, 5.74) is -0.0283. The number of nitrogens with one attached hydrogen (secondary N) is 1. The lowest BCUT2D eigenvalue weighted by atomic mass is 10.3. The summed E-state index contributed by atoms with van der Waals surface area (Å²) in [5.74, 6) is 0. The number of carbonyl (C=O) groups excluding carboxylic acids is 1. The fraction of sp³-hybridized carbons (Fsp3) is 0.364. The molecule has 0 saturated heterocycles. The second-order valence-electron chi connectivity index (χ2n) is 3.52. The van der Waals surface area contributed by atoms with Gasteiger partial charge in [-0.15, -0.1) is 0 Å². The minimum atomic E-state index is -0.686. The Bertz CT molecular complexity index is 420. The fourth-order valence-corrected chi connectivity index (χ4v) is 1.14. The quantitative estimate of drug-likeness (QED) is 0.645. The lowest BCUT2D eigenvalue weighted by Gasteiger charge is -2.11. The molecule has 0 spiro atoms. The summed E-state index contributed by atoms with van der Waals surface area (Å²) < 4.78 is 4.97. The molecule has 1 rings (SSSR count). The van der Waals surface area contributed by atoms with E-state index in [2.05, 4.69) is 5.32 Å². The summed E-state index contributed by atoms with van der Waals surface area (Å²) >= 11 is 0. The van der Waals surface area contributed by atoms with Gasteiger partial charge in [-0.25, -0.2) is 4.79 Å². The van der Waals surface area contributed by atoms with Crippen molar-refractivity contribution in [3.05, 3.63) is 34.4 Å². The van der Waals surface area contributed by atoms with Crippen molar-refractivity contribution in [3.8, 4) is 0 Å². The van der Waals surface area contributed by atoms with E-state index in [0.717, 1.165) is 0 Å². The molecule has 0 fully saturated rings. The van der Waals surface area contributed by atoms with E-state index >= 15 is 0 Å². The Hall–Kier alpha value is -2.11. The van der Waals surface area contributed by atoms with E-state index in [1.807, 2.05) is 6.92 Å². The number of hydrogen-bond acceptors (Lipinski definition) is 4. The Labute approximate surface area is 98.7 Å². The number of rotatable bonds is 4. The molecule has 1 amide bonds. The molecular weight excluding hydrogens is 224 g/mol. The van der Waals surface area contributed by atoms with Gasteiger partial charge in [0.1, 0.15) is 11.8 Å². The van der Waals surface area contributed by atoms with Gasteiger partial charge in [-0.1, -0.05) is 19.1 Å². The monoisotopic (exact) mass is 238 g/mol. The van der Waals surface area contributed by atoms with E-state index in [4.69, 9.17) is 4.74 Å². The van der Waals surface area contributed by atoms with Crippen molar-refractivity contribution in [2.45, 2.75) is 26.4 Å². The number of anilines is 1. The second kappa shape index (κ2) is 5.83. The lowest BCUT2D eigenvalue weighted by molar-refractivity contribution is -0.383. The van der Waals surface area contributed by atoms with Crippen molar-refractivity contribution in [3.63, 3.8) is 0 Å².